The van der Waals surface area contributed by atoms with Crippen molar-refractivity contribution in [1.29, 1.82) is 0 Å². The number of esters is 1. The number of carbonyl (C=O) groups is 1. The van der Waals surface area contributed by atoms with Crippen LogP contribution in [0.1, 0.15) is 19.4 Å². The Hall–Kier alpha value is -1.18. The van der Waals surface area contributed by atoms with E-state index >= 15 is 0 Å². The lowest BCUT2D eigenvalue weighted by atomic mass is 10.2. The summed E-state index contributed by atoms with van der Waals surface area (Å²) in [7, 11) is -2.45. The molecule has 8 heteroatoms. The van der Waals surface area contributed by atoms with Gasteiger partial charge in [0.15, 0.2) is 0 Å². The average molecular weight is 335 g/mol. The van der Waals surface area contributed by atoms with Gasteiger partial charge in [0.2, 0.25) is 10.0 Å². The maximum absolute atomic E-state index is 12.6. The number of nitrogens with zero attached hydrogens (tertiary/aromatic N) is 2. The van der Waals surface area contributed by atoms with E-state index in [1.54, 1.807) is 20.8 Å². The predicted octanol–water partition coefficient (Wildman–Crippen LogP) is 1.86. The summed E-state index contributed by atoms with van der Waals surface area (Å²) in [5.74, 6) is -1.000. The maximum Gasteiger partial charge on any atom is 0.309 e. The van der Waals surface area contributed by atoms with Gasteiger partial charge < -0.3 is 4.74 Å². The van der Waals surface area contributed by atoms with Gasteiger partial charge in [-0.05, 0) is 18.6 Å². The van der Waals surface area contributed by atoms with Crippen LogP contribution in [0.4, 0.5) is 0 Å². The molecule has 0 saturated heterocycles. The molecule has 1 rings (SSSR count). The van der Waals surface area contributed by atoms with Crippen molar-refractivity contribution in [1.82, 2.24) is 9.29 Å². The van der Waals surface area contributed by atoms with E-state index in [0.29, 0.717) is 5.56 Å². The predicted molar refractivity (Wildman–Crippen MR) is 79.6 cm³/mol. The van der Waals surface area contributed by atoms with Gasteiger partial charge in [-0.25, -0.2) is 13.4 Å². The summed E-state index contributed by atoms with van der Waals surface area (Å²) in [5, 5.41) is 0.264. The largest absolute Gasteiger partial charge is 0.469 e. The lowest BCUT2D eigenvalue weighted by Crippen LogP contribution is -2.37. The topological polar surface area (TPSA) is 76.6 Å². The number of rotatable bonds is 6. The van der Waals surface area contributed by atoms with Gasteiger partial charge in [0.1, 0.15) is 10.0 Å². The van der Waals surface area contributed by atoms with Crippen molar-refractivity contribution in [2.24, 2.45) is 5.92 Å². The second kappa shape index (κ2) is 7.20. The first-order chi connectivity index (χ1) is 9.73. The molecule has 0 N–H and O–H groups in total. The number of pyridine rings is 1. The summed E-state index contributed by atoms with van der Waals surface area (Å²) in [6.07, 6.45) is 1.22. The fourth-order valence-electron chi connectivity index (χ4n) is 1.80. The molecule has 0 aliphatic carbocycles. The summed E-state index contributed by atoms with van der Waals surface area (Å²) >= 11 is 5.81. The molecule has 1 aromatic heterocycles. The van der Waals surface area contributed by atoms with Crippen molar-refractivity contribution in [2.75, 3.05) is 20.2 Å². The van der Waals surface area contributed by atoms with Crippen molar-refractivity contribution in [2.45, 2.75) is 25.7 Å². The fourth-order valence-corrected chi connectivity index (χ4v) is 3.47. The summed E-state index contributed by atoms with van der Waals surface area (Å²) in [6, 6.07) is 1.47. The number of aromatic nitrogens is 1. The third kappa shape index (κ3) is 4.15. The Balaban J connectivity index is 3.07. The van der Waals surface area contributed by atoms with Crippen LogP contribution in [0.2, 0.25) is 5.15 Å². The molecule has 0 saturated carbocycles. The summed E-state index contributed by atoms with van der Waals surface area (Å²) < 4.78 is 31.0. The van der Waals surface area contributed by atoms with E-state index in [1.165, 1.54) is 23.7 Å². The van der Waals surface area contributed by atoms with Crippen LogP contribution in [0, 0.1) is 12.8 Å². The molecule has 0 amide bonds. The fraction of sp³-hybridized carbons (Fsp3) is 0.538. The summed E-state index contributed by atoms with van der Waals surface area (Å²) in [5.41, 5.74) is 0.579. The zero-order chi connectivity index (χ0) is 16.2. The van der Waals surface area contributed by atoms with Crippen molar-refractivity contribution in [3.05, 3.63) is 23.0 Å². The van der Waals surface area contributed by atoms with Crippen molar-refractivity contribution < 1.29 is 17.9 Å². The third-order valence-corrected chi connectivity index (χ3v) is 5.36. The molecule has 1 aromatic rings. The minimum absolute atomic E-state index is 0.0488. The van der Waals surface area contributed by atoms with Crippen LogP contribution in [0.5, 0.6) is 0 Å². The highest BCUT2D eigenvalue weighted by Gasteiger charge is 2.28. The van der Waals surface area contributed by atoms with E-state index in [9.17, 15) is 13.2 Å². The summed E-state index contributed by atoms with van der Waals surface area (Å²) in [6.45, 7) is 5.30. The van der Waals surface area contributed by atoms with Gasteiger partial charge in [-0.1, -0.05) is 25.4 Å². The van der Waals surface area contributed by atoms with Gasteiger partial charge >= 0.3 is 5.97 Å². The molecular formula is C13H19ClN2O4S. The maximum atomic E-state index is 12.6. The highest BCUT2D eigenvalue weighted by molar-refractivity contribution is 7.89. The second-order valence-corrected chi connectivity index (χ2v) is 6.95. The molecule has 0 spiro atoms. The first-order valence-electron chi connectivity index (χ1n) is 6.44. The van der Waals surface area contributed by atoms with Gasteiger partial charge in [0.05, 0.1) is 13.0 Å². The van der Waals surface area contributed by atoms with Crippen LogP contribution in [0.3, 0.4) is 0 Å². The molecule has 0 radical (unpaired) electrons. The number of carbonyl (C=O) groups excluding carboxylic acids is 1. The van der Waals surface area contributed by atoms with E-state index < -0.39 is 21.9 Å². The number of sulfonamides is 1. The minimum Gasteiger partial charge on any atom is -0.469 e. The van der Waals surface area contributed by atoms with Gasteiger partial charge in [-0.3, -0.25) is 4.79 Å². The van der Waals surface area contributed by atoms with Crippen LogP contribution in [-0.4, -0.2) is 43.9 Å². The molecule has 1 atom stereocenters. The number of ether oxygens (including phenoxy) is 1. The Morgan fingerprint density at radius 2 is 2.14 bits per heavy atom. The zero-order valence-corrected chi connectivity index (χ0v) is 14.0. The van der Waals surface area contributed by atoms with E-state index in [-0.39, 0.29) is 23.1 Å². The highest BCUT2D eigenvalue weighted by atomic mass is 35.5. The lowest BCUT2D eigenvalue weighted by molar-refractivity contribution is -0.145. The van der Waals surface area contributed by atoms with Gasteiger partial charge in [0.25, 0.3) is 0 Å². The molecule has 0 aliphatic rings. The number of aryl methyl sites for hydroxylation is 1. The molecule has 1 unspecified atom stereocenters. The van der Waals surface area contributed by atoms with E-state index in [2.05, 4.69) is 9.72 Å². The molecule has 6 nitrogen and oxygen atoms in total. The lowest BCUT2D eigenvalue weighted by Gasteiger charge is -2.23. The van der Waals surface area contributed by atoms with Crippen LogP contribution in [0.25, 0.3) is 0 Å². The quantitative estimate of drug-likeness (QED) is 0.586. The highest BCUT2D eigenvalue weighted by Crippen LogP contribution is 2.20. The Labute approximate surface area is 130 Å². The van der Waals surface area contributed by atoms with E-state index in [4.69, 9.17) is 11.6 Å². The van der Waals surface area contributed by atoms with Gasteiger partial charge in [-0.15, -0.1) is 0 Å². The van der Waals surface area contributed by atoms with Crippen LogP contribution < -0.4 is 0 Å². The first kappa shape index (κ1) is 17.9. The van der Waals surface area contributed by atoms with Crippen LogP contribution in [0.15, 0.2) is 17.2 Å². The number of hydrogen-bond acceptors (Lipinski definition) is 5. The van der Waals surface area contributed by atoms with Gasteiger partial charge in [-0.2, -0.15) is 4.31 Å². The van der Waals surface area contributed by atoms with Crippen LogP contribution in [-0.2, 0) is 19.6 Å². The number of halogens is 1. The molecule has 118 valence electrons. The summed E-state index contributed by atoms with van der Waals surface area (Å²) in [4.78, 5) is 15.4. The first-order valence-corrected chi connectivity index (χ1v) is 8.26. The molecule has 0 fully saturated rings. The Bertz CT molecular complexity index is 619. The van der Waals surface area contributed by atoms with E-state index in [1.807, 2.05) is 0 Å². The van der Waals surface area contributed by atoms with Crippen molar-refractivity contribution >= 4 is 27.6 Å². The van der Waals surface area contributed by atoms with Crippen LogP contribution >= 0.6 is 11.6 Å². The van der Waals surface area contributed by atoms with Crippen molar-refractivity contribution in [3.63, 3.8) is 0 Å². The molecule has 0 aliphatic heterocycles. The average Bonchev–Trinajstić information content (AvgIpc) is 2.45. The van der Waals surface area contributed by atoms with Gasteiger partial charge in [0, 0.05) is 19.3 Å². The molecule has 0 aromatic carbocycles. The molecule has 0 bridgehead atoms. The third-order valence-electron chi connectivity index (χ3n) is 3.06. The molecule has 1 heterocycles. The smallest absolute Gasteiger partial charge is 0.309 e. The number of methoxy groups -OCH3 is 1. The molecular weight excluding hydrogens is 316 g/mol. The zero-order valence-electron chi connectivity index (χ0n) is 12.5. The molecule has 21 heavy (non-hydrogen) atoms. The van der Waals surface area contributed by atoms with Crippen molar-refractivity contribution in [3.8, 4) is 0 Å². The SMILES string of the molecule is CCN(CC(C)C(=O)OC)S(=O)(=O)c1cnc(Cl)c(C)c1. The Morgan fingerprint density at radius 1 is 1.52 bits per heavy atom. The number of hydrogen-bond donors (Lipinski definition) is 0. The monoisotopic (exact) mass is 334 g/mol. The Kier molecular flexibility index (Phi) is 6.12. The van der Waals surface area contributed by atoms with E-state index in [0.717, 1.165) is 0 Å². The standard InChI is InChI=1S/C13H19ClN2O4S/c1-5-16(8-10(3)13(17)20-4)21(18,19)11-6-9(2)12(14)15-7-11/h6-7,10H,5,8H2,1-4H3. The Morgan fingerprint density at radius 3 is 2.62 bits per heavy atom. The second-order valence-electron chi connectivity index (χ2n) is 4.66. The normalized spacial score (nSPS) is 13.2. The minimum atomic E-state index is -3.72.